The van der Waals surface area contributed by atoms with Crippen LogP contribution in [-0.4, -0.2) is 17.6 Å². The van der Waals surface area contributed by atoms with E-state index >= 15 is 0 Å². The number of hydrogen-bond donors (Lipinski definition) is 0. The quantitative estimate of drug-likeness (QED) is 0.273. The van der Waals surface area contributed by atoms with Crippen LogP contribution in [0.15, 0.2) is 103 Å². The monoisotopic (exact) mass is 511 g/mol. The van der Waals surface area contributed by atoms with E-state index in [-0.39, 0.29) is 17.6 Å². The fourth-order valence-corrected chi connectivity index (χ4v) is 7.93. The minimum absolute atomic E-state index is 0.0180. The molecule has 1 saturated heterocycles. The second-order valence-electron chi connectivity index (χ2n) is 11.2. The van der Waals surface area contributed by atoms with Gasteiger partial charge in [-0.2, -0.15) is 0 Å². The van der Waals surface area contributed by atoms with Crippen LogP contribution in [0.25, 0.3) is 21.9 Å². The Morgan fingerprint density at radius 2 is 1.23 bits per heavy atom. The van der Waals surface area contributed by atoms with Crippen LogP contribution in [0, 0.1) is 22.7 Å². The van der Waals surface area contributed by atoms with Gasteiger partial charge in [0.2, 0.25) is 11.8 Å². The molecule has 4 nitrogen and oxygen atoms in total. The second kappa shape index (κ2) is 8.34. The van der Waals surface area contributed by atoms with E-state index in [0.717, 1.165) is 39.5 Å². The summed E-state index contributed by atoms with van der Waals surface area (Å²) in [7, 11) is 0. The highest BCUT2D eigenvalue weighted by molar-refractivity contribution is 6.34. The van der Waals surface area contributed by atoms with Gasteiger partial charge < -0.3 is 0 Å². The molecule has 0 spiro atoms. The van der Waals surface area contributed by atoms with Gasteiger partial charge in [-0.25, -0.2) is 4.90 Å². The number of anilines is 1. The van der Waals surface area contributed by atoms with Crippen LogP contribution in [0.3, 0.4) is 0 Å². The van der Waals surface area contributed by atoms with Crippen molar-refractivity contribution in [1.82, 2.24) is 0 Å². The van der Waals surface area contributed by atoms with Crippen molar-refractivity contribution in [2.45, 2.75) is 26.7 Å². The molecule has 192 valence electrons. The lowest BCUT2D eigenvalue weighted by Gasteiger charge is -2.37. The topological polar surface area (TPSA) is 54.5 Å². The molecule has 1 aliphatic heterocycles. The minimum atomic E-state index is -1.11. The molecule has 3 aliphatic rings. The predicted molar refractivity (Wildman–Crippen MR) is 154 cm³/mol. The van der Waals surface area contributed by atoms with Gasteiger partial charge in [-0.15, -0.1) is 0 Å². The molecule has 1 heterocycles. The van der Waals surface area contributed by atoms with Gasteiger partial charge in [0.05, 0.1) is 28.4 Å². The first-order valence-corrected chi connectivity index (χ1v) is 13.7. The molecule has 7 rings (SSSR count). The Balaban J connectivity index is 1.49. The SMILES string of the molecule is CCC[C@]12C(=O)[C@@](C)(C(c3ccccc3)=C1c1ccccc1)[C@@H]1C(=O)N(c3ccc4ccccc4c3)C(=O)[C@H]12. The van der Waals surface area contributed by atoms with Crippen LogP contribution in [0.2, 0.25) is 0 Å². The van der Waals surface area contributed by atoms with Crippen molar-refractivity contribution in [2.24, 2.45) is 22.7 Å². The van der Waals surface area contributed by atoms with E-state index in [9.17, 15) is 14.4 Å². The molecule has 0 N–H and O–H groups in total. The third-order valence-electron chi connectivity index (χ3n) is 9.31. The molecule has 39 heavy (non-hydrogen) atoms. The lowest BCUT2D eigenvalue weighted by molar-refractivity contribution is -0.134. The van der Waals surface area contributed by atoms with Crippen molar-refractivity contribution >= 4 is 45.2 Å². The molecular weight excluding hydrogens is 482 g/mol. The number of carbonyl (C=O) groups is 3. The second-order valence-corrected chi connectivity index (χ2v) is 11.2. The number of carbonyl (C=O) groups excluding carboxylic acids is 3. The van der Waals surface area contributed by atoms with Crippen LogP contribution in [0.5, 0.6) is 0 Å². The van der Waals surface area contributed by atoms with Gasteiger partial charge in [0.15, 0.2) is 5.78 Å². The molecule has 4 aromatic carbocycles. The first kappa shape index (κ1) is 23.8. The van der Waals surface area contributed by atoms with E-state index in [4.69, 9.17) is 0 Å². The first-order valence-electron chi connectivity index (χ1n) is 13.7. The first-order chi connectivity index (χ1) is 18.9. The average molecular weight is 512 g/mol. The molecule has 0 aromatic heterocycles. The number of hydrogen-bond acceptors (Lipinski definition) is 3. The van der Waals surface area contributed by atoms with E-state index in [1.807, 2.05) is 110 Å². The Bertz CT molecular complexity index is 1710. The molecule has 4 aromatic rings. The van der Waals surface area contributed by atoms with Gasteiger partial charge in [0.25, 0.3) is 0 Å². The number of allylic oxidation sites excluding steroid dienone is 2. The average Bonchev–Trinajstić information content (AvgIpc) is 3.43. The zero-order valence-electron chi connectivity index (χ0n) is 22.1. The van der Waals surface area contributed by atoms with Gasteiger partial charge in [-0.05, 0) is 58.5 Å². The number of Topliss-reactive ketones (excluding diaryl/α,β-unsaturated/α-hetero) is 1. The molecule has 4 heteroatoms. The van der Waals surface area contributed by atoms with Crippen molar-refractivity contribution in [1.29, 1.82) is 0 Å². The highest BCUT2D eigenvalue weighted by Crippen LogP contribution is 2.75. The molecule has 1 saturated carbocycles. The lowest BCUT2D eigenvalue weighted by Crippen LogP contribution is -2.41. The fourth-order valence-electron chi connectivity index (χ4n) is 7.93. The summed E-state index contributed by atoms with van der Waals surface area (Å²) in [6, 6.07) is 33.6. The van der Waals surface area contributed by atoms with Gasteiger partial charge in [-0.1, -0.05) is 104 Å². The highest BCUT2D eigenvalue weighted by atomic mass is 16.2. The maximum absolute atomic E-state index is 14.7. The Hall–Kier alpha value is -4.31. The summed E-state index contributed by atoms with van der Waals surface area (Å²) >= 11 is 0. The Morgan fingerprint density at radius 1 is 0.667 bits per heavy atom. The molecule has 2 amide bonds. The Kier molecular flexibility index (Phi) is 5.09. The van der Waals surface area contributed by atoms with Crippen molar-refractivity contribution in [3.63, 3.8) is 0 Å². The third kappa shape index (κ3) is 2.92. The number of ketones is 1. The number of imide groups is 1. The Labute approximate surface area is 228 Å². The largest absolute Gasteiger partial charge is 0.298 e. The number of fused-ring (bicyclic) bond motifs is 6. The standard InChI is InChI=1S/C35H29NO3/c1-3-20-35-28(24-15-8-5-9-16-24)27(23-13-6-4-7-14-23)34(2,33(35)39)29-30(35)32(38)36(31(29)37)26-19-18-22-12-10-11-17-25(22)21-26/h4-19,21,29-30H,3,20H2,1-2H3/t29-,30-,34-,35-/m0/s1. The van der Waals surface area contributed by atoms with E-state index < -0.39 is 22.7 Å². The molecule has 2 bridgehead atoms. The summed E-state index contributed by atoms with van der Waals surface area (Å²) in [4.78, 5) is 44.9. The Morgan fingerprint density at radius 3 is 1.87 bits per heavy atom. The van der Waals surface area contributed by atoms with Crippen LogP contribution in [-0.2, 0) is 14.4 Å². The maximum Gasteiger partial charge on any atom is 0.239 e. The van der Waals surface area contributed by atoms with E-state index in [0.29, 0.717) is 12.1 Å². The molecule has 0 radical (unpaired) electrons. The summed E-state index contributed by atoms with van der Waals surface area (Å²) in [6.07, 6.45) is 1.24. The number of amides is 2. The lowest BCUT2D eigenvalue weighted by atomic mass is 9.61. The number of benzene rings is 4. The highest BCUT2D eigenvalue weighted by Gasteiger charge is 2.80. The van der Waals surface area contributed by atoms with Crippen molar-refractivity contribution in [2.75, 3.05) is 4.90 Å². The van der Waals surface area contributed by atoms with Gasteiger partial charge in [0.1, 0.15) is 0 Å². The van der Waals surface area contributed by atoms with Gasteiger partial charge in [0, 0.05) is 0 Å². The van der Waals surface area contributed by atoms with Crippen molar-refractivity contribution < 1.29 is 14.4 Å². The fraction of sp³-hybridized carbons (Fsp3) is 0.229. The summed E-state index contributed by atoms with van der Waals surface area (Å²) < 4.78 is 0. The summed E-state index contributed by atoms with van der Waals surface area (Å²) in [5.74, 6) is -1.97. The minimum Gasteiger partial charge on any atom is -0.298 e. The predicted octanol–water partition coefficient (Wildman–Crippen LogP) is 6.95. The van der Waals surface area contributed by atoms with Gasteiger partial charge in [-0.3, -0.25) is 14.4 Å². The van der Waals surface area contributed by atoms with E-state index in [2.05, 4.69) is 6.92 Å². The molecule has 4 atom stereocenters. The van der Waals surface area contributed by atoms with E-state index in [1.165, 1.54) is 4.90 Å². The zero-order chi connectivity index (χ0) is 26.9. The third-order valence-corrected chi connectivity index (χ3v) is 9.31. The van der Waals surface area contributed by atoms with Gasteiger partial charge >= 0.3 is 0 Å². The smallest absolute Gasteiger partial charge is 0.239 e. The van der Waals surface area contributed by atoms with Crippen molar-refractivity contribution in [3.8, 4) is 0 Å². The van der Waals surface area contributed by atoms with Crippen LogP contribution >= 0.6 is 0 Å². The van der Waals surface area contributed by atoms with Crippen molar-refractivity contribution in [3.05, 3.63) is 114 Å². The molecule has 2 fully saturated rings. The number of rotatable bonds is 5. The summed E-state index contributed by atoms with van der Waals surface area (Å²) in [6.45, 7) is 3.97. The van der Waals surface area contributed by atoms with Crippen LogP contribution in [0.4, 0.5) is 5.69 Å². The van der Waals surface area contributed by atoms with E-state index in [1.54, 1.807) is 0 Å². The number of nitrogens with zero attached hydrogens (tertiary/aromatic N) is 1. The zero-order valence-corrected chi connectivity index (χ0v) is 22.1. The summed E-state index contributed by atoms with van der Waals surface area (Å²) in [5, 5.41) is 2.01. The van der Waals surface area contributed by atoms with Crippen LogP contribution in [0.1, 0.15) is 37.8 Å². The maximum atomic E-state index is 14.7. The molecular formula is C35H29NO3. The summed E-state index contributed by atoms with van der Waals surface area (Å²) in [5.41, 5.74) is 2.12. The van der Waals surface area contributed by atoms with Crippen LogP contribution < -0.4 is 4.90 Å². The molecule has 2 aliphatic carbocycles. The molecule has 0 unspecified atom stereocenters. The normalized spacial score (nSPS) is 27.6.